The fraction of sp³-hybridized carbons (Fsp3) is 0.923. The first-order valence-corrected chi connectivity index (χ1v) is 6.34. The maximum atomic E-state index is 8.70. The minimum absolute atomic E-state index is 0.0126. The summed E-state index contributed by atoms with van der Waals surface area (Å²) >= 11 is 0. The Bertz CT molecular complexity index is 310. The molecule has 0 amide bonds. The zero-order chi connectivity index (χ0) is 12.5. The van der Waals surface area contributed by atoms with E-state index in [2.05, 4.69) is 13.0 Å². The molecule has 2 unspecified atom stereocenters. The second-order valence-electron chi connectivity index (χ2n) is 5.50. The van der Waals surface area contributed by atoms with Crippen LogP contribution < -0.4 is 0 Å². The molecule has 2 fully saturated rings. The highest BCUT2D eigenvalue weighted by Gasteiger charge is 2.45. The van der Waals surface area contributed by atoms with Gasteiger partial charge < -0.3 is 14.2 Å². The van der Waals surface area contributed by atoms with E-state index in [4.69, 9.17) is 19.5 Å². The average molecular weight is 239 g/mol. The van der Waals surface area contributed by atoms with E-state index < -0.39 is 5.79 Å². The van der Waals surface area contributed by atoms with E-state index in [1.165, 1.54) is 0 Å². The summed E-state index contributed by atoms with van der Waals surface area (Å²) in [5.41, 5.74) is 0. The Morgan fingerprint density at radius 1 is 1.35 bits per heavy atom. The van der Waals surface area contributed by atoms with E-state index in [0.29, 0.717) is 24.9 Å². The van der Waals surface area contributed by atoms with Crippen molar-refractivity contribution in [2.45, 2.75) is 51.6 Å². The molecule has 0 radical (unpaired) electrons. The van der Waals surface area contributed by atoms with E-state index in [1.807, 2.05) is 13.8 Å². The van der Waals surface area contributed by atoms with Gasteiger partial charge in [0, 0.05) is 6.42 Å². The van der Waals surface area contributed by atoms with Gasteiger partial charge in [0.1, 0.15) is 6.10 Å². The van der Waals surface area contributed by atoms with E-state index in [-0.39, 0.29) is 12.2 Å². The molecule has 0 aliphatic carbocycles. The standard InChI is InChI=1S/C13H21NO3/c1-9-7-15-12(10(9)5-4-6-14)11-8-16-13(2,3)17-11/h9-12H,4-5,7-8H2,1-3H3/t9-,10-,11?,12?/m0/s1. The Kier molecular flexibility index (Phi) is 3.72. The van der Waals surface area contributed by atoms with E-state index >= 15 is 0 Å². The molecule has 2 heterocycles. The summed E-state index contributed by atoms with van der Waals surface area (Å²) in [6, 6.07) is 2.21. The molecule has 4 heteroatoms. The molecular formula is C13H21NO3. The fourth-order valence-corrected chi connectivity index (χ4v) is 2.77. The molecule has 0 saturated carbocycles. The zero-order valence-corrected chi connectivity index (χ0v) is 10.8. The summed E-state index contributed by atoms with van der Waals surface area (Å²) in [6.45, 7) is 7.39. The zero-order valence-electron chi connectivity index (χ0n) is 10.8. The molecule has 0 bridgehead atoms. The van der Waals surface area contributed by atoms with Crippen molar-refractivity contribution in [1.29, 1.82) is 5.26 Å². The predicted octanol–water partition coefficient (Wildman–Crippen LogP) is 2.09. The van der Waals surface area contributed by atoms with Crippen molar-refractivity contribution in [1.82, 2.24) is 0 Å². The van der Waals surface area contributed by atoms with Crippen LogP contribution >= 0.6 is 0 Å². The van der Waals surface area contributed by atoms with Gasteiger partial charge in [-0.3, -0.25) is 0 Å². The minimum Gasteiger partial charge on any atom is -0.375 e. The summed E-state index contributed by atoms with van der Waals surface area (Å²) < 4.78 is 17.3. The highest BCUT2D eigenvalue weighted by atomic mass is 16.7. The third-order valence-corrected chi connectivity index (χ3v) is 3.69. The minimum atomic E-state index is -0.500. The Morgan fingerprint density at radius 2 is 2.12 bits per heavy atom. The molecule has 2 saturated heterocycles. The molecule has 96 valence electrons. The summed E-state index contributed by atoms with van der Waals surface area (Å²) in [4.78, 5) is 0. The Labute approximate surface area is 103 Å². The molecule has 4 nitrogen and oxygen atoms in total. The van der Waals surface area contributed by atoms with Gasteiger partial charge in [0.05, 0.1) is 25.4 Å². The van der Waals surface area contributed by atoms with Crippen LogP contribution in [-0.2, 0) is 14.2 Å². The molecule has 0 aromatic rings. The lowest BCUT2D eigenvalue weighted by Gasteiger charge is -2.25. The summed E-state index contributed by atoms with van der Waals surface area (Å²) in [5.74, 6) is 0.414. The van der Waals surface area contributed by atoms with E-state index in [0.717, 1.165) is 13.0 Å². The van der Waals surface area contributed by atoms with Crippen LogP contribution in [0.3, 0.4) is 0 Å². The number of nitrogens with zero attached hydrogens (tertiary/aromatic N) is 1. The molecule has 4 atom stereocenters. The van der Waals surface area contributed by atoms with Crippen LogP contribution in [-0.4, -0.2) is 31.2 Å². The van der Waals surface area contributed by atoms with Crippen LogP contribution in [0.25, 0.3) is 0 Å². The first-order valence-electron chi connectivity index (χ1n) is 6.34. The van der Waals surface area contributed by atoms with Crippen molar-refractivity contribution in [3.63, 3.8) is 0 Å². The molecule has 2 aliphatic rings. The summed E-state index contributed by atoms with van der Waals surface area (Å²) in [5, 5.41) is 8.70. The van der Waals surface area contributed by atoms with Gasteiger partial charge in [0.25, 0.3) is 0 Å². The molecule has 17 heavy (non-hydrogen) atoms. The largest absolute Gasteiger partial charge is 0.375 e. The van der Waals surface area contributed by atoms with Gasteiger partial charge >= 0.3 is 0 Å². The van der Waals surface area contributed by atoms with Crippen molar-refractivity contribution in [2.24, 2.45) is 11.8 Å². The first kappa shape index (κ1) is 12.8. The number of hydrogen-bond donors (Lipinski definition) is 0. The number of hydrogen-bond acceptors (Lipinski definition) is 4. The second kappa shape index (κ2) is 4.93. The van der Waals surface area contributed by atoms with Crippen LogP contribution in [0.4, 0.5) is 0 Å². The second-order valence-corrected chi connectivity index (χ2v) is 5.50. The third-order valence-electron chi connectivity index (χ3n) is 3.69. The van der Waals surface area contributed by atoms with Crippen LogP contribution in [0, 0.1) is 23.2 Å². The fourth-order valence-electron chi connectivity index (χ4n) is 2.77. The van der Waals surface area contributed by atoms with Crippen molar-refractivity contribution in [2.75, 3.05) is 13.2 Å². The lowest BCUT2D eigenvalue weighted by molar-refractivity contribution is -0.155. The van der Waals surface area contributed by atoms with Crippen LogP contribution in [0.1, 0.15) is 33.6 Å². The number of ether oxygens (including phenoxy) is 3. The maximum Gasteiger partial charge on any atom is 0.163 e. The van der Waals surface area contributed by atoms with Gasteiger partial charge in [-0.25, -0.2) is 0 Å². The van der Waals surface area contributed by atoms with E-state index in [9.17, 15) is 0 Å². The summed E-state index contributed by atoms with van der Waals surface area (Å²) in [7, 11) is 0. The van der Waals surface area contributed by atoms with Crippen molar-refractivity contribution < 1.29 is 14.2 Å². The first-order chi connectivity index (χ1) is 8.03. The normalized spacial score (nSPS) is 40.4. The van der Waals surface area contributed by atoms with Crippen LogP contribution in [0.15, 0.2) is 0 Å². The lowest BCUT2D eigenvalue weighted by atomic mass is 9.86. The number of nitriles is 1. The SMILES string of the molecule is C[C@H]1COC(C2COC(C)(C)O2)[C@H]1CCC#N. The van der Waals surface area contributed by atoms with Gasteiger partial charge in [-0.2, -0.15) is 5.26 Å². The van der Waals surface area contributed by atoms with Crippen molar-refractivity contribution in [3.05, 3.63) is 0 Å². The van der Waals surface area contributed by atoms with Crippen LogP contribution in [0.5, 0.6) is 0 Å². The Balaban J connectivity index is 1.98. The van der Waals surface area contributed by atoms with Gasteiger partial charge in [0.2, 0.25) is 0 Å². The molecule has 2 rings (SSSR count). The molecular weight excluding hydrogens is 218 g/mol. The molecule has 0 aromatic heterocycles. The monoisotopic (exact) mass is 239 g/mol. The Hall–Kier alpha value is -0.630. The van der Waals surface area contributed by atoms with Crippen molar-refractivity contribution >= 4 is 0 Å². The van der Waals surface area contributed by atoms with Gasteiger partial charge in [-0.05, 0) is 32.1 Å². The third kappa shape index (κ3) is 2.79. The van der Waals surface area contributed by atoms with Gasteiger partial charge in [-0.15, -0.1) is 0 Å². The quantitative estimate of drug-likeness (QED) is 0.756. The highest BCUT2D eigenvalue weighted by molar-refractivity contribution is 4.91. The van der Waals surface area contributed by atoms with Crippen LogP contribution in [0.2, 0.25) is 0 Å². The maximum absolute atomic E-state index is 8.70. The van der Waals surface area contributed by atoms with Crippen molar-refractivity contribution in [3.8, 4) is 6.07 Å². The average Bonchev–Trinajstić information content (AvgIpc) is 2.79. The van der Waals surface area contributed by atoms with Gasteiger partial charge in [-0.1, -0.05) is 6.92 Å². The topological polar surface area (TPSA) is 51.5 Å². The molecule has 2 aliphatic heterocycles. The highest BCUT2D eigenvalue weighted by Crippen LogP contribution is 2.37. The van der Waals surface area contributed by atoms with E-state index in [1.54, 1.807) is 0 Å². The smallest absolute Gasteiger partial charge is 0.163 e. The van der Waals surface area contributed by atoms with Gasteiger partial charge in [0.15, 0.2) is 5.79 Å². The molecule has 0 aromatic carbocycles. The summed E-state index contributed by atoms with van der Waals surface area (Å²) in [6.07, 6.45) is 1.58. The number of rotatable bonds is 3. The molecule has 0 spiro atoms. The Morgan fingerprint density at radius 3 is 2.71 bits per heavy atom. The molecule has 0 N–H and O–H groups in total. The lowest BCUT2D eigenvalue weighted by Crippen LogP contribution is -2.35. The predicted molar refractivity (Wildman–Crippen MR) is 62.1 cm³/mol.